The van der Waals surface area contributed by atoms with Crippen LogP contribution in [0.5, 0.6) is 11.5 Å². The van der Waals surface area contributed by atoms with Gasteiger partial charge in [-0.15, -0.1) is 0 Å². The van der Waals surface area contributed by atoms with Crippen molar-refractivity contribution < 1.29 is 13.9 Å². The molecule has 2 aliphatic heterocycles. The summed E-state index contributed by atoms with van der Waals surface area (Å²) in [6, 6.07) is 19.4. The molecule has 0 aliphatic carbocycles. The molecule has 2 aliphatic rings. The molecule has 3 aromatic carbocycles. The van der Waals surface area contributed by atoms with Crippen LogP contribution in [0.3, 0.4) is 0 Å². The molecular weight excluding hydrogens is 443 g/mol. The molecule has 0 radical (unpaired) electrons. The van der Waals surface area contributed by atoms with Crippen molar-refractivity contribution in [3.8, 4) is 11.5 Å². The Labute approximate surface area is 194 Å². The lowest BCUT2D eigenvalue weighted by Gasteiger charge is -2.39. The van der Waals surface area contributed by atoms with Gasteiger partial charge in [-0.2, -0.15) is 10.1 Å². The molecule has 164 valence electrons. The summed E-state index contributed by atoms with van der Waals surface area (Å²) in [5, 5.41) is 8.49. The van der Waals surface area contributed by atoms with E-state index in [1.807, 2.05) is 36.4 Å². The first-order valence-corrected chi connectivity index (χ1v) is 10.8. The predicted octanol–water partition coefficient (Wildman–Crippen LogP) is 5.64. The van der Waals surface area contributed by atoms with Crippen molar-refractivity contribution in [3.05, 3.63) is 106 Å². The van der Waals surface area contributed by atoms with Crippen molar-refractivity contribution in [1.82, 2.24) is 14.8 Å². The molecule has 0 bridgehead atoms. The zero-order valence-electron chi connectivity index (χ0n) is 17.5. The number of nitrogens with one attached hydrogen (secondary N) is 1. The highest BCUT2D eigenvalue weighted by atomic mass is 35.5. The number of hydrogen-bond donors (Lipinski definition) is 1. The number of anilines is 1. The summed E-state index contributed by atoms with van der Waals surface area (Å²) in [4.78, 5) is 4.40. The molecule has 33 heavy (non-hydrogen) atoms. The van der Waals surface area contributed by atoms with Gasteiger partial charge in [0, 0.05) is 16.2 Å². The Kier molecular flexibility index (Phi) is 4.58. The van der Waals surface area contributed by atoms with E-state index in [4.69, 9.17) is 21.1 Å². The van der Waals surface area contributed by atoms with E-state index < -0.39 is 6.10 Å². The van der Waals surface area contributed by atoms with Gasteiger partial charge in [0.25, 0.3) is 0 Å². The highest BCUT2D eigenvalue weighted by Crippen LogP contribution is 2.51. The zero-order chi connectivity index (χ0) is 22.5. The van der Waals surface area contributed by atoms with Crippen LogP contribution in [0.2, 0.25) is 5.02 Å². The van der Waals surface area contributed by atoms with Crippen molar-refractivity contribution >= 4 is 23.2 Å². The number of nitrogens with zero attached hydrogens (tertiary/aromatic N) is 3. The van der Waals surface area contributed by atoms with Gasteiger partial charge in [-0.05, 0) is 53.6 Å². The Balaban J connectivity index is 1.61. The number of halogens is 2. The highest BCUT2D eigenvalue weighted by molar-refractivity contribution is 6.30. The van der Waals surface area contributed by atoms with Crippen LogP contribution in [-0.4, -0.2) is 21.9 Å². The number of hydrogen-bond acceptors (Lipinski definition) is 5. The van der Waals surface area contributed by atoms with Crippen LogP contribution in [0.1, 0.15) is 28.8 Å². The molecule has 8 heteroatoms. The van der Waals surface area contributed by atoms with Crippen molar-refractivity contribution in [2.45, 2.75) is 12.1 Å². The lowest BCUT2D eigenvalue weighted by molar-refractivity contribution is 0.223. The Morgan fingerprint density at radius 3 is 2.55 bits per heavy atom. The van der Waals surface area contributed by atoms with E-state index in [1.165, 1.54) is 18.5 Å². The summed E-state index contributed by atoms with van der Waals surface area (Å²) in [5.74, 6) is 1.75. The average molecular weight is 461 g/mol. The minimum atomic E-state index is -0.431. The van der Waals surface area contributed by atoms with E-state index >= 15 is 0 Å². The minimum Gasteiger partial charge on any atom is -0.497 e. The van der Waals surface area contributed by atoms with Crippen LogP contribution in [-0.2, 0) is 0 Å². The van der Waals surface area contributed by atoms with Crippen molar-refractivity contribution in [2.75, 3.05) is 12.4 Å². The Bertz CT molecular complexity index is 1380. The number of benzene rings is 3. The van der Waals surface area contributed by atoms with Crippen molar-refractivity contribution in [2.24, 2.45) is 0 Å². The molecule has 1 aromatic heterocycles. The van der Waals surface area contributed by atoms with Crippen LogP contribution in [0, 0.1) is 5.82 Å². The van der Waals surface area contributed by atoms with Crippen LogP contribution in [0.4, 0.5) is 10.3 Å². The van der Waals surface area contributed by atoms with Gasteiger partial charge < -0.3 is 14.8 Å². The molecule has 6 nitrogen and oxygen atoms in total. The van der Waals surface area contributed by atoms with Crippen molar-refractivity contribution in [1.29, 1.82) is 0 Å². The first kappa shape index (κ1) is 19.8. The molecular formula is C25H18ClFN4O2. The Hall–Kier alpha value is -3.84. The predicted molar refractivity (Wildman–Crippen MR) is 123 cm³/mol. The van der Waals surface area contributed by atoms with E-state index in [2.05, 4.69) is 15.4 Å². The summed E-state index contributed by atoms with van der Waals surface area (Å²) >= 11 is 6.35. The zero-order valence-corrected chi connectivity index (χ0v) is 18.3. The molecule has 0 unspecified atom stereocenters. The molecule has 2 atom stereocenters. The van der Waals surface area contributed by atoms with Crippen molar-refractivity contribution in [3.63, 3.8) is 0 Å². The van der Waals surface area contributed by atoms with Crippen LogP contribution >= 0.6 is 11.6 Å². The van der Waals surface area contributed by atoms with Crippen LogP contribution < -0.4 is 14.8 Å². The number of rotatable bonds is 3. The third kappa shape index (κ3) is 3.24. The second-order valence-corrected chi connectivity index (χ2v) is 8.29. The number of fused-ring (bicyclic) bond motifs is 3. The van der Waals surface area contributed by atoms with E-state index in [9.17, 15) is 4.39 Å². The van der Waals surface area contributed by atoms with Gasteiger partial charge in [-0.3, -0.25) is 0 Å². The largest absolute Gasteiger partial charge is 0.497 e. The maximum atomic E-state index is 13.8. The lowest BCUT2D eigenvalue weighted by atomic mass is 9.84. The molecule has 3 heterocycles. The van der Waals surface area contributed by atoms with E-state index in [0.29, 0.717) is 16.7 Å². The van der Waals surface area contributed by atoms with Gasteiger partial charge in [0.15, 0.2) is 0 Å². The highest BCUT2D eigenvalue weighted by Gasteiger charge is 2.41. The van der Waals surface area contributed by atoms with Crippen LogP contribution in [0.25, 0.3) is 5.70 Å². The molecule has 0 amide bonds. The van der Waals surface area contributed by atoms with Gasteiger partial charge in [-0.25, -0.2) is 9.07 Å². The van der Waals surface area contributed by atoms with Gasteiger partial charge >= 0.3 is 0 Å². The molecule has 4 aromatic rings. The smallest absolute Gasteiger partial charge is 0.226 e. The summed E-state index contributed by atoms with van der Waals surface area (Å²) < 4.78 is 27.4. The molecule has 6 rings (SSSR count). The summed E-state index contributed by atoms with van der Waals surface area (Å²) in [5.41, 5.74) is 4.43. The molecule has 1 N–H and O–H groups in total. The normalized spacial score (nSPS) is 18.5. The molecule has 0 spiro atoms. The van der Waals surface area contributed by atoms with Crippen LogP contribution in [0.15, 0.2) is 78.6 Å². The van der Waals surface area contributed by atoms with Gasteiger partial charge in [0.05, 0.1) is 12.8 Å². The fourth-order valence-electron chi connectivity index (χ4n) is 4.46. The molecule has 0 saturated carbocycles. The topological polar surface area (TPSA) is 61.2 Å². The average Bonchev–Trinajstić information content (AvgIpc) is 3.31. The standard InChI is InChI=1S/C25H18ClFN4O2/c1-32-18-9-4-15(5-10-18)24-21-22(19-12-16(26)6-11-20(19)33-24)30-25-28-13-29-31(25)23(21)14-2-7-17(27)8-3-14/h2-13,23-24H,1H3,(H,28,29,30)/t23-,24-/m0/s1. The molecule has 0 fully saturated rings. The monoisotopic (exact) mass is 460 g/mol. The number of methoxy groups -OCH3 is 1. The van der Waals surface area contributed by atoms with Gasteiger partial charge in [0.1, 0.15) is 35.8 Å². The fourth-order valence-corrected chi connectivity index (χ4v) is 4.63. The first-order valence-electron chi connectivity index (χ1n) is 10.4. The third-order valence-electron chi connectivity index (χ3n) is 5.98. The first-order chi connectivity index (χ1) is 16.1. The number of aromatic nitrogens is 3. The lowest BCUT2D eigenvalue weighted by Crippen LogP contribution is -2.32. The minimum absolute atomic E-state index is 0.301. The summed E-state index contributed by atoms with van der Waals surface area (Å²) in [7, 11) is 1.63. The second kappa shape index (κ2) is 7.64. The van der Waals surface area contributed by atoms with E-state index in [-0.39, 0.29) is 11.9 Å². The number of ether oxygens (including phenoxy) is 2. The van der Waals surface area contributed by atoms with E-state index in [0.717, 1.165) is 33.7 Å². The molecule has 0 saturated heterocycles. The fraction of sp³-hybridized carbons (Fsp3) is 0.120. The SMILES string of the molecule is COc1ccc([C@@H]2Oc3ccc(Cl)cc3C3=C2[C@H](c2ccc(F)cc2)n2ncnc2N3)cc1. The summed E-state index contributed by atoms with van der Waals surface area (Å²) in [6.07, 6.45) is 1.07. The maximum Gasteiger partial charge on any atom is 0.226 e. The second-order valence-electron chi connectivity index (χ2n) is 7.85. The Morgan fingerprint density at radius 1 is 1.03 bits per heavy atom. The third-order valence-corrected chi connectivity index (χ3v) is 6.22. The maximum absolute atomic E-state index is 13.8. The van der Waals surface area contributed by atoms with E-state index in [1.54, 1.807) is 30.0 Å². The van der Waals surface area contributed by atoms with Gasteiger partial charge in [0.2, 0.25) is 5.95 Å². The van der Waals surface area contributed by atoms with Gasteiger partial charge in [-0.1, -0.05) is 35.9 Å². The quantitative estimate of drug-likeness (QED) is 0.428. The summed E-state index contributed by atoms with van der Waals surface area (Å²) in [6.45, 7) is 0. The Morgan fingerprint density at radius 2 is 1.79 bits per heavy atom.